The molecule has 3 nitrogen and oxygen atoms in total. The zero-order chi connectivity index (χ0) is 14.8. The number of aromatic nitrogens is 1. The summed E-state index contributed by atoms with van der Waals surface area (Å²) in [5.74, 6) is -0.569. The average Bonchev–Trinajstić information content (AvgIpc) is 2.52. The molecule has 0 aliphatic rings. The molecule has 0 aliphatic heterocycles. The molecule has 0 bridgehead atoms. The standard InChI is InChI=1S/C17H11FN2O/c18-16-13(10-19)5-3-6-14(16)11-20-9-8-12-4-1-2-7-15(12)17(20)21/h1-9H,11H2. The first-order valence-corrected chi connectivity index (χ1v) is 6.46. The molecule has 0 unspecified atom stereocenters. The van der Waals surface area contributed by atoms with Crippen molar-refractivity contribution in [2.24, 2.45) is 0 Å². The van der Waals surface area contributed by atoms with Gasteiger partial charge in [0.2, 0.25) is 0 Å². The van der Waals surface area contributed by atoms with Crippen LogP contribution in [0.25, 0.3) is 10.8 Å². The minimum Gasteiger partial charge on any atom is -0.310 e. The van der Waals surface area contributed by atoms with Gasteiger partial charge in [0.25, 0.3) is 5.56 Å². The van der Waals surface area contributed by atoms with Crippen molar-refractivity contribution in [2.45, 2.75) is 6.54 Å². The van der Waals surface area contributed by atoms with Gasteiger partial charge in [-0.05, 0) is 23.6 Å². The smallest absolute Gasteiger partial charge is 0.258 e. The Bertz CT molecular complexity index is 922. The molecule has 2 aromatic carbocycles. The van der Waals surface area contributed by atoms with Gasteiger partial charge in [0.1, 0.15) is 11.9 Å². The Morgan fingerprint density at radius 3 is 2.71 bits per heavy atom. The lowest BCUT2D eigenvalue weighted by atomic mass is 10.1. The number of nitriles is 1. The molecule has 0 N–H and O–H groups in total. The van der Waals surface area contributed by atoms with Crippen molar-refractivity contribution in [2.75, 3.05) is 0 Å². The SMILES string of the molecule is N#Cc1cccc(Cn2ccc3ccccc3c2=O)c1F. The van der Waals surface area contributed by atoms with Crippen LogP contribution in [0.5, 0.6) is 0 Å². The highest BCUT2D eigenvalue weighted by molar-refractivity contribution is 5.81. The first kappa shape index (κ1) is 13.1. The third kappa shape index (κ3) is 2.30. The molecule has 0 amide bonds. The molecule has 0 saturated carbocycles. The molecule has 3 rings (SSSR count). The van der Waals surface area contributed by atoms with Crippen LogP contribution in [0.4, 0.5) is 4.39 Å². The summed E-state index contributed by atoms with van der Waals surface area (Å²) in [5.41, 5.74) is 0.141. The monoisotopic (exact) mass is 278 g/mol. The third-order valence-corrected chi connectivity index (χ3v) is 3.43. The molecular formula is C17H11FN2O. The van der Waals surface area contributed by atoms with E-state index in [9.17, 15) is 9.18 Å². The van der Waals surface area contributed by atoms with E-state index in [4.69, 9.17) is 5.26 Å². The molecule has 102 valence electrons. The van der Waals surface area contributed by atoms with Gasteiger partial charge in [-0.15, -0.1) is 0 Å². The van der Waals surface area contributed by atoms with Crippen molar-refractivity contribution < 1.29 is 4.39 Å². The Morgan fingerprint density at radius 2 is 1.90 bits per heavy atom. The lowest BCUT2D eigenvalue weighted by Gasteiger charge is -2.09. The predicted molar refractivity (Wildman–Crippen MR) is 78.4 cm³/mol. The van der Waals surface area contributed by atoms with Gasteiger partial charge in [-0.2, -0.15) is 5.26 Å². The van der Waals surface area contributed by atoms with Crippen molar-refractivity contribution in [3.8, 4) is 6.07 Å². The van der Waals surface area contributed by atoms with Gasteiger partial charge >= 0.3 is 0 Å². The normalized spacial score (nSPS) is 10.5. The zero-order valence-electron chi connectivity index (χ0n) is 11.1. The molecule has 4 heteroatoms. The first-order chi connectivity index (χ1) is 10.2. The number of hydrogen-bond donors (Lipinski definition) is 0. The van der Waals surface area contributed by atoms with E-state index < -0.39 is 5.82 Å². The van der Waals surface area contributed by atoms with Crippen molar-refractivity contribution in [3.05, 3.63) is 82.0 Å². The fourth-order valence-electron chi connectivity index (χ4n) is 2.33. The number of halogens is 1. The lowest BCUT2D eigenvalue weighted by Crippen LogP contribution is -2.20. The van der Waals surface area contributed by atoms with Crippen LogP contribution in [0, 0.1) is 17.1 Å². The van der Waals surface area contributed by atoms with E-state index in [0.29, 0.717) is 10.9 Å². The Balaban J connectivity index is 2.09. The summed E-state index contributed by atoms with van der Waals surface area (Å²) in [6.07, 6.45) is 1.64. The summed E-state index contributed by atoms with van der Waals surface area (Å²) >= 11 is 0. The van der Waals surface area contributed by atoms with E-state index in [1.807, 2.05) is 18.2 Å². The number of rotatable bonds is 2. The van der Waals surface area contributed by atoms with Crippen molar-refractivity contribution in [3.63, 3.8) is 0 Å². The van der Waals surface area contributed by atoms with E-state index in [0.717, 1.165) is 5.39 Å². The number of benzene rings is 2. The van der Waals surface area contributed by atoms with Crippen LogP contribution in [-0.2, 0) is 6.54 Å². The fraction of sp³-hybridized carbons (Fsp3) is 0.0588. The van der Waals surface area contributed by atoms with Crippen LogP contribution in [0.15, 0.2) is 59.5 Å². The van der Waals surface area contributed by atoms with Crippen LogP contribution in [0.3, 0.4) is 0 Å². The second kappa shape index (κ2) is 5.22. The van der Waals surface area contributed by atoms with E-state index in [2.05, 4.69) is 0 Å². The van der Waals surface area contributed by atoms with E-state index >= 15 is 0 Å². The first-order valence-electron chi connectivity index (χ1n) is 6.46. The summed E-state index contributed by atoms with van der Waals surface area (Å²) in [5, 5.41) is 10.3. The molecule has 1 heterocycles. The molecule has 0 atom stereocenters. The Hall–Kier alpha value is -2.93. The minimum atomic E-state index is -0.569. The number of hydrogen-bond acceptors (Lipinski definition) is 2. The molecule has 0 spiro atoms. The van der Waals surface area contributed by atoms with Gasteiger partial charge in [0.05, 0.1) is 12.1 Å². The quantitative estimate of drug-likeness (QED) is 0.723. The Morgan fingerprint density at radius 1 is 1.10 bits per heavy atom. The molecular weight excluding hydrogens is 267 g/mol. The van der Waals surface area contributed by atoms with Crippen LogP contribution in [0.1, 0.15) is 11.1 Å². The maximum atomic E-state index is 14.1. The van der Waals surface area contributed by atoms with Crippen molar-refractivity contribution in [1.29, 1.82) is 5.26 Å². The Labute approximate surface area is 120 Å². The second-order valence-corrected chi connectivity index (χ2v) is 4.73. The molecule has 0 fully saturated rings. The highest BCUT2D eigenvalue weighted by Crippen LogP contribution is 2.14. The molecule has 0 radical (unpaired) electrons. The van der Waals surface area contributed by atoms with Gasteiger partial charge in [0.15, 0.2) is 0 Å². The number of nitrogens with zero attached hydrogens (tertiary/aromatic N) is 2. The number of fused-ring (bicyclic) bond motifs is 1. The van der Waals surface area contributed by atoms with Crippen molar-refractivity contribution >= 4 is 10.8 Å². The van der Waals surface area contributed by atoms with Gasteiger partial charge in [0, 0.05) is 17.1 Å². The fourth-order valence-corrected chi connectivity index (χ4v) is 2.33. The third-order valence-electron chi connectivity index (χ3n) is 3.43. The van der Waals surface area contributed by atoms with Gasteiger partial charge in [-0.25, -0.2) is 4.39 Å². The summed E-state index contributed by atoms with van der Waals surface area (Å²) in [7, 11) is 0. The summed E-state index contributed by atoms with van der Waals surface area (Å²) in [6.45, 7) is 0.102. The highest BCUT2D eigenvalue weighted by atomic mass is 19.1. The van der Waals surface area contributed by atoms with E-state index in [1.165, 1.54) is 10.6 Å². The van der Waals surface area contributed by atoms with Gasteiger partial charge < -0.3 is 4.57 Å². The zero-order valence-corrected chi connectivity index (χ0v) is 11.1. The van der Waals surface area contributed by atoms with E-state index in [-0.39, 0.29) is 17.7 Å². The van der Waals surface area contributed by atoms with Crippen LogP contribution in [0.2, 0.25) is 0 Å². The maximum absolute atomic E-state index is 14.1. The topological polar surface area (TPSA) is 45.8 Å². The highest BCUT2D eigenvalue weighted by Gasteiger charge is 2.09. The van der Waals surface area contributed by atoms with E-state index in [1.54, 1.807) is 36.5 Å². The summed E-state index contributed by atoms with van der Waals surface area (Å²) in [4.78, 5) is 12.4. The van der Waals surface area contributed by atoms with Crippen LogP contribution in [-0.4, -0.2) is 4.57 Å². The average molecular weight is 278 g/mol. The molecule has 3 aromatic rings. The van der Waals surface area contributed by atoms with Gasteiger partial charge in [-0.1, -0.05) is 30.3 Å². The molecule has 0 aliphatic carbocycles. The van der Waals surface area contributed by atoms with Gasteiger partial charge in [-0.3, -0.25) is 4.79 Å². The summed E-state index contributed by atoms with van der Waals surface area (Å²) in [6, 6.07) is 15.5. The molecule has 0 saturated heterocycles. The Kier molecular flexibility index (Phi) is 3.25. The molecule has 21 heavy (non-hydrogen) atoms. The number of pyridine rings is 1. The van der Waals surface area contributed by atoms with Crippen molar-refractivity contribution in [1.82, 2.24) is 4.57 Å². The lowest BCUT2D eigenvalue weighted by molar-refractivity contribution is 0.593. The van der Waals surface area contributed by atoms with Crippen LogP contribution < -0.4 is 5.56 Å². The second-order valence-electron chi connectivity index (χ2n) is 4.73. The summed E-state index contributed by atoms with van der Waals surface area (Å²) < 4.78 is 15.5. The largest absolute Gasteiger partial charge is 0.310 e. The maximum Gasteiger partial charge on any atom is 0.258 e. The minimum absolute atomic E-state index is 0.0126. The molecule has 1 aromatic heterocycles. The van der Waals surface area contributed by atoms with Crippen LogP contribution >= 0.6 is 0 Å². The predicted octanol–water partition coefficient (Wildman–Crippen LogP) is 3.06.